The molecule has 0 aromatic rings. The highest BCUT2D eigenvalue weighted by Gasteiger charge is 2.10. The number of hydrogen-bond donors (Lipinski definition) is 1. The molecule has 0 rings (SSSR count). The van der Waals surface area contributed by atoms with Gasteiger partial charge in [0.25, 0.3) is 0 Å². The third-order valence-corrected chi connectivity index (χ3v) is 2.13. The predicted molar refractivity (Wildman–Crippen MR) is 65.6 cm³/mol. The van der Waals surface area contributed by atoms with Gasteiger partial charge < -0.3 is 10.5 Å². The normalized spacial score (nSPS) is 11.4. The molecular weight excluding hydrogens is 230 g/mol. The molecule has 16 heavy (non-hydrogen) atoms. The lowest BCUT2D eigenvalue weighted by atomic mass is 10.2. The van der Waals surface area contributed by atoms with Gasteiger partial charge in [0, 0.05) is 6.42 Å². The Morgan fingerprint density at radius 3 is 2.44 bits per heavy atom. The molecule has 4 nitrogen and oxygen atoms in total. The second kappa shape index (κ2) is 10.9. The lowest BCUT2D eigenvalue weighted by Gasteiger charge is -2.12. The largest absolute Gasteiger partial charge is 0.463 e. The zero-order valence-corrected chi connectivity index (χ0v) is 10.8. The van der Waals surface area contributed by atoms with E-state index >= 15 is 0 Å². The maximum Gasteiger partial charge on any atom is 0.306 e. The van der Waals surface area contributed by atoms with Crippen LogP contribution in [0.25, 0.3) is 0 Å². The first-order chi connectivity index (χ1) is 7.10. The summed E-state index contributed by atoms with van der Waals surface area (Å²) in [6.07, 6.45) is 3.31. The monoisotopic (exact) mass is 251 g/mol. The Bertz CT molecular complexity index is 209. The molecule has 0 aliphatic rings. The fourth-order valence-electron chi connectivity index (χ4n) is 1.18. The van der Waals surface area contributed by atoms with Gasteiger partial charge in [0.1, 0.15) is 5.78 Å². The predicted octanol–water partition coefficient (Wildman–Crippen LogP) is 1.84. The van der Waals surface area contributed by atoms with Crippen LogP contribution in [0.5, 0.6) is 0 Å². The number of nitrogens with two attached hydrogens (primary N) is 1. The first-order valence-corrected chi connectivity index (χ1v) is 5.51. The minimum atomic E-state index is -0.305. The Hall–Kier alpha value is -0.610. The van der Waals surface area contributed by atoms with E-state index in [0.717, 1.165) is 19.3 Å². The quantitative estimate of drug-likeness (QED) is 0.669. The molecule has 0 fully saturated rings. The van der Waals surface area contributed by atoms with Gasteiger partial charge >= 0.3 is 5.97 Å². The second-order valence-corrected chi connectivity index (χ2v) is 3.69. The van der Waals surface area contributed by atoms with E-state index in [4.69, 9.17) is 10.5 Å². The Morgan fingerprint density at radius 1 is 1.31 bits per heavy atom. The highest BCUT2D eigenvalue weighted by Crippen LogP contribution is 2.06. The summed E-state index contributed by atoms with van der Waals surface area (Å²) in [7, 11) is 0. The number of carbonyl (C=O) groups excluding carboxylic acids is 2. The maximum absolute atomic E-state index is 11.2. The summed E-state index contributed by atoms with van der Waals surface area (Å²) >= 11 is 0. The van der Waals surface area contributed by atoms with Crippen molar-refractivity contribution < 1.29 is 14.3 Å². The van der Waals surface area contributed by atoms with Crippen LogP contribution < -0.4 is 5.73 Å². The average molecular weight is 252 g/mol. The van der Waals surface area contributed by atoms with Gasteiger partial charge in [-0.05, 0) is 13.3 Å². The molecule has 0 amide bonds. The van der Waals surface area contributed by atoms with Crippen LogP contribution in [0.3, 0.4) is 0 Å². The summed E-state index contributed by atoms with van der Waals surface area (Å²) in [5.74, 6) is -0.409. The molecule has 1 atom stereocenters. The summed E-state index contributed by atoms with van der Waals surface area (Å²) < 4.78 is 5.12. The first kappa shape index (κ1) is 17.8. The van der Waals surface area contributed by atoms with E-state index in [1.807, 2.05) is 6.92 Å². The molecule has 0 aliphatic carbocycles. The smallest absolute Gasteiger partial charge is 0.306 e. The van der Waals surface area contributed by atoms with Crippen LogP contribution in [0.15, 0.2) is 0 Å². The summed E-state index contributed by atoms with van der Waals surface area (Å²) in [6, 6.07) is 0. The first-order valence-electron chi connectivity index (χ1n) is 5.51. The summed E-state index contributed by atoms with van der Waals surface area (Å²) in [5, 5.41) is 0. The second-order valence-electron chi connectivity index (χ2n) is 3.69. The highest BCUT2D eigenvalue weighted by molar-refractivity contribution is 5.85. The number of unbranched alkanes of at least 4 members (excludes halogenated alkanes) is 1. The molecule has 0 saturated carbocycles. The SMILES string of the molecule is CCCCC(C)OC(=O)CCC(=O)CN.Cl. The molecule has 0 saturated heterocycles. The third-order valence-electron chi connectivity index (χ3n) is 2.13. The van der Waals surface area contributed by atoms with Gasteiger partial charge in [0.05, 0.1) is 19.1 Å². The van der Waals surface area contributed by atoms with Crippen molar-refractivity contribution in [3.63, 3.8) is 0 Å². The molecule has 5 heteroatoms. The Balaban J connectivity index is 0. The van der Waals surface area contributed by atoms with Crippen molar-refractivity contribution in [2.45, 2.75) is 52.1 Å². The molecule has 0 bridgehead atoms. The highest BCUT2D eigenvalue weighted by atomic mass is 35.5. The Morgan fingerprint density at radius 2 is 1.94 bits per heavy atom. The van der Waals surface area contributed by atoms with Crippen molar-refractivity contribution in [2.24, 2.45) is 5.73 Å². The number of carbonyl (C=O) groups is 2. The Kier molecular flexibility index (Phi) is 12.1. The van der Waals surface area contributed by atoms with Crippen LogP contribution in [0.4, 0.5) is 0 Å². The van der Waals surface area contributed by atoms with Crippen molar-refractivity contribution >= 4 is 24.2 Å². The summed E-state index contributed by atoms with van der Waals surface area (Å²) in [5.41, 5.74) is 5.12. The molecular formula is C11H22ClNO3. The van der Waals surface area contributed by atoms with Crippen LogP contribution in [-0.4, -0.2) is 24.4 Å². The van der Waals surface area contributed by atoms with E-state index in [1.54, 1.807) is 0 Å². The Labute approximate surface area is 103 Å². The molecule has 1 unspecified atom stereocenters. The molecule has 2 N–H and O–H groups in total. The number of hydrogen-bond acceptors (Lipinski definition) is 4. The van der Waals surface area contributed by atoms with E-state index < -0.39 is 0 Å². The van der Waals surface area contributed by atoms with E-state index in [0.29, 0.717) is 0 Å². The summed E-state index contributed by atoms with van der Waals surface area (Å²) in [4.78, 5) is 22.1. The van der Waals surface area contributed by atoms with E-state index in [1.165, 1.54) is 0 Å². The summed E-state index contributed by atoms with van der Waals surface area (Å²) in [6.45, 7) is 3.96. The van der Waals surface area contributed by atoms with Gasteiger partial charge in [-0.25, -0.2) is 0 Å². The van der Waals surface area contributed by atoms with Crippen LogP contribution in [0.1, 0.15) is 46.0 Å². The zero-order chi connectivity index (χ0) is 11.7. The molecule has 0 spiro atoms. The van der Waals surface area contributed by atoms with E-state index in [9.17, 15) is 9.59 Å². The third kappa shape index (κ3) is 9.93. The molecule has 0 aliphatic heterocycles. The lowest BCUT2D eigenvalue weighted by Crippen LogP contribution is -2.18. The average Bonchev–Trinajstić information content (AvgIpc) is 2.22. The van der Waals surface area contributed by atoms with Gasteiger partial charge in [-0.15, -0.1) is 12.4 Å². The fraction of sp³-hybridized carbons (Fsp3) is 0.818. The lowest BCUT2D eigenvalue weighted by molar-refractivity contribution is -0.149. The number of ketones is 1. The van der Waals surface area contributed by atoms with Crippen molar-refractivity contribution in [1.82, 2.24) is 0 Å². The number of halogens is 1. The van der Waals surface area contributed by atoms with E-state index in [2.05, 4.69) is 6.92 Å². The topological polar surface area (TPSA) is 69.4 Å². The van der Waals surface area contributed by atoms with Crippen molar-refractivity contribution in [3.8, 4) is 0 Å². The van der Waals surface area contributed by atoms with Crippen molar-refractivity contribution in [3.05, 3.63) is 0 Å². The molecule has 96 valence electrons. The standard InChI is InChI=1S/C11H21NO3.ClH/c1-3-4-5-9(2)15-11(14)7-6-10(13)8-12;/h9H,3-8,12H2,1-2H3;1H. The molecule has 0 heterocycles. The molecule has 0 radical (unpaired) electrons. The van der Waals surface area contributed by atoms with Crippen LogP contribution >= 0.6 is 12.4 Å². The van der Waals surface area contributed by atoms with Gasteiger partial charge in [0.15, 0.2) is 0 Å². The maximum atomic E-state index is 11.2. The van der Waals surface area contributed by atoms with Crippen LogP contribution in [-0.2, 0) is 14.3 Å². The minimum absolute atomic E-state index is 0. The zero-order valence-electron chi connectivity index (χ0n) is 10.0. The van der Waals surface area contributed by atoms with Crippen LogP contribution in [0, 0.1) is 0 Å². The van der Waals surface area contributed by atoms with Gasteiger partial charge in [-0.3, -0.25) is 9.59 Å². The molecule has 0 aromatic heterocycles. The van der Waals surface area contributed by atoms with Crippen LogP contribution in [0.2, 0.25) is 0 Å². The van der Waals surface area contributed by atoms with Gasteiger partial charge in [-0.1, -0.05) is 19.8 Å². The molecule has 0 aromatic carbocycles. The number of ether oxygens (including phenoxy) is 1. The minimum Gasteiger partial charge on any atom is -0.463 e. The number of Topliss-reactive ketones (excluding diaryl/α,β-unsaturated/α-hetero) is 1. The number of esters is 1. The van der Waals surface area contributed by atoms with E-state index in [-0.39, 0.29) is 49.6 Å². The van der Waals surface area contributed by atoms with Crippen molar-refractivity contribution in [2.75, 3.05) is 6.54 Å². The fourth-order valence-corrected chi connectivity index (χ4v) is 1.18. The van der Waals surface area contributed by atoms with Gasteiger partial charge in [0.2, 0.25) is 0 Å². The van der Waals surface area contributed by atoms with Crippen molar-refractivity contribution in [1.29, 1.82) is 0 Å². The number of rotatable bonds is 8. The van der Waals surface area contributed by atoms with Gasteiger partial charge in [-0.2, -0.15) is 0 Å².